The Kier molecular flexibility index (Phi) is 5.91. The number of methoxy groups -OCH3 is 1. The highest BCUT2D eigenvalue weighted by Gasteiger charge is 2.33. The third-order valence-corrected chi connectivity index (χ3v) is 4.88. The maximum Gasteiger partial charge on any atom is 0.226 e. The van der Waals surface area contributed by atoms with Crippen LogP contribution in [0.1, 0.15) is 42.5 Å². The third-order valence-electron chi connectivity index (χ3n) is 4.88. The van der Waals surface area contributed by atoms with Crippen LogP contribution in [-0.4, -0.2) is 19.6 Å². The van der Waals surface area contributed by atoms with E-state index >= 15 is 0 Å². The van der Waals surface area contributed by atoms with E-state index < -0.39 is 0 Å². The molecular formula is C21H27N3O2. The molecule has 1 fully saturated rings. The minimum atomic E-state index is -0.169. The Morgan fingerprint density at radius 1 is 1.23 bits per heavy atom. The fourth-order valence-corrected chi connectivity index (χ4v) is 3.23. The van der Waals surface area contributed by atoms with Gasteiger partial charge in [0.25, 0.3) is 0 Å². The minimum Gasteiger partial charge on any atom is -0.497 e. The zero-order chi connectivity index (χ0) is 18.5. The van der Waals surface area contributed by atoms with Crippen LogP contribution in [-0.2, 0) is 11.3 Å². The number of hydrogen-bond acceptors (Lipinski definition) is 4. The molecule has 1 amide bonds. The number of rotatable bonds is 6. The summed E-state index contributed by atoms with van der Waals surface area (Å²) in [5, 5.41) is 3.07. The summed E-state index contributed by atoms with van der Waals surface area (Å²) in [5.74, 6) is 1.18. The monoisotopic (exact) mass is 353 g/mol. The summed E-state index contributed by atoms with van der Waals surface area (Å²) >= 11 is 0. The Morgan fingerprint density at radius 2 is 2.00 bits per heavy atom. The van der Waals surface area contributed by atoms with Gasteiger partial charge >= 0.3 is 0 Å². The number of carbonyl (C=O) groups excluding carboxylic acids is 1. The number of hydrazine groups is 1. The van der Waals surface area contributed by atoms with E-state index in [1.165, 1.54) is 5.56 Å². The smallest absolute Gasteiger partial charge is 0.226 e. The van der Waals surface area contributed by atoms with E-state index in [2.05, 4.69) is 54.3 Å². The zero-order valence-electron chi connectivity index (χ0n) is 15.6. The van der Waals surface area contributed by atoms with E-state index in [1.807, 2.05) is 24.3 Å². The molecule has 2 aromatic rings. The molecule has 1 heterocycles. The van der Waals surface area contributed by atoms with Crippen LogP contribution in [0, 0.1) is 5.92 Å². The zero-order valence-corrected chi connectivity index (χ0v) is 15.6. The Labute approximate surface area is 155 Å². The van der Waals surface area contributed by atoms with E-state index in [0.29, 0.717) is 19.0 Å². The predicted molar refractivity (Wildman–Crippen MR) is 103 cm³/mol. The van der Waals surface area contributed by atoms with E-state index in [0.717, 1.165) is 16.9 Å². The van der Waals surface area contributed by atoms with E-state index in [4.69, 9.17) is 4.74 Å². The fourth-order valence-electron chi connectivity index (χ4n) is 3.23. The molecule has 2 unspecified atom stereocenters. The molecule has 0 aromatic heterocycles. The van der Waals surface area contributed by atoms with Crippen LogP contribution in [0.25, 0.3) is 0 Å². The van der Waals surface area contributed by atoms with E-state index in [1.54, 1.807) is 7.11 Å². The first-order valence-corrected chi connectivity index (χ1v) is 9.07. The average Bonchev–Trinajstić information content (AvgIpc) is 3.16. The average molecular weight is 353 g/mol. The van der Waals surface area contributed by atoms with Crippen molar-refractivity contribution in [2.45, 2.75) is 32.4 Å². The van der Waals surface area contributed by atoms with Crippen molar-refractivity contribution < 1.29 is 9.53 Å². The van der Waals surface area contributed by atoms with Crippen LogP contribution in [0.15, 0.2) is 48.5 Å². The van der Waals surface area contributed by atoms with Crippen molar-refractivity contribution in [3.8, 4) is 5.75 Å². The molecule has 0 saturated carbocycles. The Bertz CT molecular complexity index is 743. The highest BCUT2D eigenvalue weighted by Crippen LogP contribution is 2.27. The van der Waals surface area contributed by atoms with Gasteiger partial charge in [0.15, 0.2) is 0 Å². The molecule has 5 heteroatoms. The van der Waals surface area contributed by atoms with Crippen molar-refractivity contribution in [1.82, 2.24) is 16.2 Å². The highest BCUT2D eigenvalue weighted by molar-refractivity contribution is 5.80. The van der Waals surface area contributed by atoms with Crippen molar-refractivity contribution in [2.24, 2.45) is 5.92 Å². The van der Waals surface area contributed by atoms with Crippen molar-refractivity contribution in [1.29, 1.82) is 0 Å². The maximum atomic E-state index is 12.7. The van der Waals surface area contributed by atoms with Gasteiger partial charge in [0.1, 0.15) is 5.75 Å². The van der Waals surface area contributed by atoms with Gasteiger partial charge in [-0.3, -0.25) is 10.2 Å². The Balaban J connectivity index is 1.63. The van der Waals surface area contributed by atoms with Crippen molar-refractivity contribution in [2.75, 3.05) is 13.7 Å². The third kappa shape index (κ3) is 4.23. The molecule has 138 valence electrons. The number of ether oxygens (including phenoxy) is 1. The fraction of sp³-hybridized carbons (Fsp3) is 0.381. The summed E-state index contributed by atoms with van der Waals surface area (Å²) in [6, 6.07) is 16.2. The summed E-state index contributed by atoms with van der Waals surface area (Å²) < 4.78 is 5.29. The van der Waals surface area contributed by atoms with Gasteiger partial charge in [0.05, 0.1) is 19.1 Å². The van der Waals surface area contributed by atoms with Crippen LogP contribution >= 0.6 is 0 Å². The van der Waals surface area contributed by atoms with Crippen molar-refractivity contribution >= 4 is 5.91 Å². The second-order valence-electron chi connectivity index (χ2n) is 7.00. The lowest BCUT2D eigenvalue weighted by Gasteiger charge is -2.19. The molecule has 1 aliphatic rings. The molecule has 0 radical (unpaired) electrons. The molecule has 1 saturated heterocycles. The molecule has 3 N–H and O–H groups in total. The molecule has 26 heavy (non-hydrogen) atoms. The van der Waals surface area contributed by atoms with Gasteiger partial charge in [0, 0.05) is 13.1 Å². The van der Waals surface area contributed by atoms with Crippen molar-refractivity contribution in [3.05, 3.63) is 65.2 Å². The first-order chi connectivity index (χ1) is 12.6. The Hall–Kier alpha value is -2.37. The summed E-state index contributed by atoms with van der Waals surface area (Å²) in [6.07, 6.45) is 0. The number of benzene rings is 2. The summed E-state index contributed by atoms with van der Waals surface area (Å²) in [6.45, 7) is 5.49. The topological polar surface area (TPSA) is 62.4 Å². The molecule has 0 aliphatic carbocycles. The second kappa shape index (κ2) is 8.34. The van der Waals surface area contributed by atoms with E-state index in [-0.39, 0.29) is 17.9 Å². The van der Waals surface area contributed by atoms with Gasteiger partial charge < -0.3 is 10.1 Å². The maximum absolute atomic E-state index is 12.7. The van der Waals surface area contributed by atoms with Gasteiger partial charge in [-0.2, -0.15) is 0 Å². The second-order valence-corrected chi connectivity index (χ2v) is 7.00. The first-order valence-electron chi connectivity index (χ1n) is 9.07. The van der Waals surface area contributed by atoms with Gasteiger partial charge in [0.2, 0.25) is 5.91 Å². The molecule has 2 atom stereocenters. The van der Waals surface area contributed by atoms with Gasteiger partial charge in [-0.15, -0.1) is 0 Å². The molecule has 2 aromatic carbocycles. The SMILES string of the molecule is COc1cccc(C2NNCC2C(=O)NCc2ccc(C(C)C)cc2)c1. The van der Waals surface area contributed by atoms with Crippen LogP contribution < -0.4 is 20.9 Å². The molecular weight excluding hydrogens is 326 g/mol. The normalized spacial score (nSPS) is 19.5. The molecule has 5 nitrogen and oxygen atoms in total. The number of hydrogen-bond donors (Lipinski definition) is 3. The lowest BCUT2D eigenvalue weighted by molar-refractivity contribution is -0.125. The lowest BCUT2D eigenvalue weighted by Crippen LogP contribution is -2.34. The molecule has 1 aliphatic heterocycles. The largest absolute Gasteiger partial charge is 0.497 e. The molecule has 0 spiro atoms. The van der Waals surface area contributed by atoms with Crippen LogP contribution in [0.3, 0.4) is 0 Å². The van der Waals surface area contributed by atoms with Crippen LogP contribution in [0.5, 0.6) is 5.75 Å². The summed E-state index contributed by atoms with van der Waals surface area (Å²) in [4.78, 5) is 12.7. The van der Waals surface area contributed by atoms with Gasteiger partial charge in [-0.25, -0.2) is 5.43 Å². The number of carbonyl (C=O) groups is 1. The van der Waals surface area contributed by atoms with Gasteiger partial charge in [-0.05, 0) is 34.7 Å². The number of nitrogens with one attached hydrogen (secondary N) is 3. The predicted octanol–water partition coefficient (Wildman–Crippen LogP) is 2.90. The summed E-state index contributed by atoms with van der Waals surface area (Å²) in [5.41, 5.74) is 9.77. The summed E-state index contributed by atoms with van der Waals surface area (Å²) in [7, 11) is 1.65. The quantitative estimate of drug-likeness (QED) is 0.747. The standard InChI is InChI=1S/C21H27N3O2/c1-14(2)16-9-7-15(8-10-16)12-22-21(25)19-13-23-24-20(19)17-5-4-6-18(11-17)26-3/h4-11,14,19-20,23-24H,12-13H2,1-3H3,(H,22,25). The van der Waals surface area contributed by atoms with E-state index in [9.17, 15) is 4.79 Å². The highest BCUT2D eigenvalue weighted by atomic mass is 16.5. The molecule has 3 rings (SSSR count). The van der Waals surface area contributed by atoms with Gasteiger partial charge in [-0.1, -0.05) is 50.2 Å². The Morgan fingerprint density at radius 3 is 2.69 bits per heavy atom. The number of amides is 1. The molecule has 0 bridgehead atoms. The minimum absolute atomic E-state index is 0.0447. The first kappa shape index (κ1) is 18.4. The van der Waals surface area contributed by atoms with Crippen LogP contribution in [0.2, 0.25) is 0 Å². The van der Waals surface area contributed by atoms with Crippen molar-refractivity contribution in [3.63, 3.8) is 0 Å². The lowest BCUT2D eigenvalue weighted by atomic mass is 9.94. The van der Waals surface area contributed by atoms with Crippen LogP contribution in [0.4, 0.5) is 0 Å².